The third-order valence-electron chi connectivity index (χ3n) is 5.68. The normalized spacial score (nSPS) is 14.4. The van der Waals surface area contributed by atoms with E-state index in [1.807, 2.05) is 38.1 Å². The molecule has 1 heterocycles. The lowest BCUT2D eigenvalue weighted by Crippen LogP contribution is -2.54. The van der Waals surface area contributed by atoms with E-state index in [1.54, 1.807) is 31.2 Å². The van der Waals surface area contributed by atoms with Gasteiger partial charge in [0, 0.05) is 6.07 Å². The number of urea groups is 1. The second-order valence-corrected chi connectivity index (χ2v) is 10.3. The standard InChI is InChI=1S/C29H26Br2N2O6/c1-4-37-20-9-10-25(38-5-2)24(15-20)33-28(35)21(27(34)32-29(33)36)12-19-13-22(30)26(23(31)14-19)39-16-18-8-6-7-17(3)11-18/h6-15H,4-5,16H2,1-3H3,(H,32,34,36)/b21-12+. The van der Waals surface area contributed by atoms with Gasteiger partial charge in [0.2, 0.25) is 0 Å². The lowest BCUT2D eigenvalue weighted by Gasteiger charge is -2.28. The zero-order chi connectivity index (χ0) is 28.1. The fraction of sp³-hybridized carbons (Fsp3) is 0.207. The van der Waals surface area contributed by atoms with Crippen molar-refractivity contribution in [2.24, 2.45) is 0 Å². The molecule has 0 spiro atoms. The van der Waals surface area contributed by atoms with Crippen LogP contribution in [0.4, 0.5) is 10.5 Å². The van der Waals surface area contributed by atoms with Gasteiger partial charge in [-0.3, -0.25) is 14.9 Å². The van der Waals surface area contributed by atoms with Crippen LogP contribution in [0.3, 0.4) is 0 Å². The number of hydrogen-bond donors (Lipinski definition) is 1. The van der Waals surface area contributed by atoms with Gasteiger partial charge in [-0.1, -0.05) is 29.8 Å². The van der Waals surface area contributed by atoms with Crippen molar-refractivity contribution in [3.8, 4) is 17.2 Å². The molecule has 39 heavy (non-hydrogen) atoms. The van der Waals surface area contributed by atoms with E-state index in [9.17, 15) is 14.4 Å². The van der Waals surface area contributed by atoms with Crippen LogP contribution in [-0.2, 0) is 16.2 Å². The molecule has 4 amide bonds. The molecule has 1 aliphatic rings. The molecule has 0 bridgehead atoms. The zero-order valence-electron chi connectivity index (χ0n) is 21.5. The Balaban J connectivity index is 1.65. The van der Waals surface area contributed by atoms with E-state index < -0.39 is 17.8 Å². The maximum atomic E-state index is 13.5. The maximum absolute atomic E-state index is 13.5. The van der Waals surface area contributed by atoms with Crippen LogP contribution in [0.1, 0.15) is 30.5 Å². The molecule has 8 nitrogen and oxygen atoms in total. The highest BCUT2D eigenvalue weighted by atomic mass is 79.9. The summed E-state index contributed by atoms with van der Waals surface area (Å²) in [5, 5.41) is 2.25. The van der Waals surface area contributed by atoms with Crippen LogP contribution in [0.25, 0.3) is 6.08 Å². The van der Waals surface area contributed by atoms with Crippen molar-refractivity contribution in [3.63, 3.8) is 0 Å². The molecule has 3 aromatic carbocycles. The van der Waals surface area contributed by atoms with Crippen LogP contribution < -0.4 is 24.4 Å². The number of carbonyl (C=O) groups excluding carboxylic acids is 3. The average molecular weight is 658 g/mol. The summed E-state index contributed by atoms with van der Waals surface area (Å²) in [6.45, 7) is 6.70. The fourth-order valence-corrected chi connectivity index (χ4v) is 5.46. The lowest BCUT2D eigenvalue weighted by molar-refractivity contribution is -0.122. The molecule has 0 aromatic heterocycles. The molecule has 10 heteroatoms. The molecule has 3 aromatic rings. The van der Waals surface area contributed by atoms with Crippen molar-refractivity contribution < 1.29 is 28.6 Å². The smallest absolute Gasteiger partial charge is 0.336 e. The Morgan fingerprint density at radius 3 is 2.28 bits per heavy atom. The van der Waals surface area contributed by atoms with Crippen molar-refractivity contribution in [1.29, 1.82) is 0 Å². The van der Waals surface area contributed by atoms with Crippen molar-refractivity contribution in [2.75, 3.05) is 18.1 Å². The van der Waals surface area contributed by atoms with Gasteiger partial charge in [-0.25, -0.2) is 9.69 Å². The number of aryl methyl sites for hydroxylation is 1. The van der Waals surface area contributed by atoms with Gasteiger partial charge >= 0.3 is 6.03 Å². The van der Waals surface area contributed by atoms with Crippen LogP contribution >= 0.6 is 31.9 Å². The van der Waals surface area contributed by atoms with E-state index >= 15 is 0 Å². The number of ether oxygens (including phenoxy) is 3. The van der Waals surface area contributed by atoms with Crippen LogP contribution in [0.2, 0.25) is 0 Å². The molecule has 1 saturated heterocycles. The third kappa shape index (κ3) is 6.51. The topological polar surface area (TPSA) is 94.2 Å². The summed E-state index contributed by atoms with van der Waals surface area (Å²) in [4.78, 5) is 40.0. The second kappa shape index (κ2) is 12.5. The molecule has 0 saturated carbocycles. The highest BCUT2D eigenvalue weighted by Gasteiger charge is 2.38. The summed E-state index contributed by atoms with van der Waals surface area (Å²) in [6.07, 6.45) is 1.42. The zero-order valence-corrected chi connectivity index (χ0v) is 24.7. The van der Waals surface area contributed by atoms with Gasteiger partial charge in [-0.15, -0.1) is 0 Å². The van der Waals surface area contributed by atoms with Crippen molar-refractivity contribution in [3.05, 3.63) is 85.8 Å². The minimum absolute atomic E-state index is 0.172. The minimum Gasteiger partial charge on any atom is -0.494 e. The van der Waals surface area contributed by atoms with Gasteiger partial charge in [0.1, 0.15) is 29.4 Å². The number of nitrogens with zero attached hydrogens (tertiary/aromatic N) is 1. The molecule has 202 valence electrons. The molecule has 0 unspecified atom stereocenters. The number of anilines is 1. The van der Waals surface area contributed by atoms with Crippen LogP contribution in [-0.4, -0.2) is 31.1 Å². The number of rotatable bonds is 9. The number of barbiturate groups is 1. The first-order valence-corrected chi connectivity index (χ1v) is 13.8. The minimum atomic E-state index is -0.876. The Kier molecular flexibility index (Phi) is 9.08. The Morgan fingerprint density at radius 1 is 0.897 bits per heavy atom. The van der Waals surface area contributed by atoms with E-state index in [2.05, 4.69) is 37.2 Å². The summed E-state index contributed by atoms with van der Waals surface area (Å²) in [7, 11) is 0. The summed E-state index contributed by atoms with van der Waals surface area (Å²) in [5.41, 5.74) is 2.65. The van der Waals surface area contributed by atoms with E-state index in [1.165, 1.54) is 12.1 Å². The monoisotopic (exact) mass is 656 g/mol. The predicted molar refractivity (Wildman–Crippen MR) is 155 cm³/mol. The van der Waals surface area contributed by atoms with Gasteiger partial charge < -0.3 is 14.2 Å². The highest BCUT2D eigenvalue weighted by molar-refractivity contribution is 9.11. The lowest BCUT2D eigenvalue weighted by atomic mass is 10.1. The molecular formula is C29H26Br2N2O6. The molecular weight excluding hydrogens is 632 g/mol. The molecule has 0 aliphatic carbocycles. The van der Waals surface area contributed by atoms with Crippen LogP contribution in [0, 0.1) is 6.92 Å². The number of imide groups is 2. The quantitative estimate of drug-likeness (QED) is 0.207. The maximum Gasteiger partial charge on any atom is 0.336 e. The van der Waals surface area contributed by atoms with E-state index in [4.69, 9.17) is 14.2 Å². The Labute approximate surface area is 243 Å². The molecule has 4 rings (SSSR count). The first-order valence-electron chi connectivity index (χ1n) is 12.2. The molecule has 1 fully saturated rings. The van der Waals surface area contributed by atoms with Crippen LogP contribution in [0.15, 0.2) is 69.1 Å². The van der Waals surface area contributed by atoms with Crippen LogP contribution in [0.5, 0.6) is 17.2 Å². The number of halogens is 2. The molecule has 1 aliphatic heterocycles. The summed E-state index contributed by atoms with van der Waals surface area (Å²) in [5.74, 6) is -0.256. The van der Waals surface area contributed by atoms with E-state index in [0.717, 1.165) is 16.0 Å². The number of nitrogens with one attached hydrogen (secondary N) is 1. The first-order chi connectivity index (χ1) is 18.7. The Bertz CT molecular complexity index is 1450. The molecule has 0 atom stereocenters. The summed E-state index contributed by atoms with van der Waals surface area (Å²) >= 11 is 7.05. The van der Waals surface area contributed by atoms with Gasteiger partial charge in [0.15, 0.2) is 0 Å². The molecule has 1 N–H and O–H groups in total. The predicted octanol–water partition coefficient (Wildman–Crippen LogP) is 6.56. The Hall–Kier alpha value is -3.63. The van der Waals surface area contributed by atoms with Gasteiger partial charge in [-0.2, -0.15) is 0 Å². The largest absolute Gasteiger partial charge is 0.494 e. The molecule has 0 radical (unpaired) electrons. The van der Waals surface area contributed by atoms with Crippen molar-refractivity contribution in [2.45, 2.75) is 27.4 Å². The van der Waals surface area contributed by atoms with E-state index in [-0.39, 0.29) is 11.3 Å². The second-order valence-electron chi connectivity index (χ2n) is 8.54. The highest BCUT2D eigenvalue weighted by Crippen LogP contribution is 2.37. The van der Waals surface area contributed by atoms with Gasteiger partial charge in [0.05, 0.1) is 27.8 Å². The Morgan fingerprint density at radius 2 is 1.62 bits per heavy atom. The first kappa shape index (κ1) is 28.4. The van der Waals surface area contributed by atoms with Crippen molar-refractivity contribution in [1.82, 2.24) is 5.32 Å². The van der Waals surface area contributed by atoms with Crippen molar-refractivity contribution >= 4 is 61.5 Å². The van der Waals surface area contributed by atoms with Gasteiger partial charge in [-0.05, 0) is 94.1 Å². The average Bonchev–Trinajstić information content (AvgIpc) is 2.88. The summed E-state index contributed by atoms with van der Waals surface area (Å²) < 4.78 is 18.4. The fourth-order valence-electron chi connectivity index (χ4n) is 4.01. The number of benzene rings is 3. The van der Waals surface area contributed by atoms with Gasteiger partial charge in [0.25, 0.3) is 11.8 Å². The summed E-state index contributed by atoms with van der Waals surface area (Å²) in [6, 6.07) is 15.4. The van der Waals surface area contributed by atoms with E-state index in [0.29, 0.717) is 51.6 Å². The number of amides is 4. The third-order valence-corrected chi connectivity index (χ3v) is 6.86. The SMILES string of the molecule is CCOc1ccc(OCC)c(N2C(=O)NC(=O)/C(=C\c3cc(Br)c(OCc4cccc(C)c4)c(Br)c3)C2=O)c1. The number of hydrogen-bond acceptors (Lipinski definition) is 6. The number of carbonyl (C=O) groups is 3.